The van der Waals surface area contributed by atoms with Crippen molar-refractivity contribution in [3.05, 3.63) is 35.4 Å². The van der Waals surface area contributed by atoms with Gasteiger partial charge in [-0.2, -0.15) is 0 Å². The molecular formula is C14H18O3. The molecular weight excluding hydrogens is 216 g/mol. The molecule has 0 saturated carbocycles. The van der Waals surface area contributed by atoms with Crippen LogP contribution in [0.2, 0.25) is 0 Å². The number of carbonyl (C=O) groups is 2. The SMILES string of the molecule is CCOC(=O)C(C(=O)CC)c1ccccc1C. The van der Waals surface area contributed by atoms with Gasteiger partial charge in [-0.3, -0.25) is 9.59 Å². The van der Waals surface area contributed by atoms with Crippen LogP contribution in [0.15, 0.2) is 24.3 Å². The summed E-state index contributed by atoms with van der Waals surface area (Å²) in [6.07, 6.45) is 0.331. The molecule has 1 aromatic rings. The minimum atomic E-state index is -0.777. The highest BCUT2D eigenvalue weighted by molar-refractivity contribution is 6.04. The fraction of sp³-hybridized carbons (Fsp3) is 0.429. The molecule has 1 rings (SSSR count). The Morgan fingerprint density at radius 3 is 2.41 bits per heavy atom. The summed E-state index contributed by atoms with van der Waals surface area (Å²) in [7, 11) is 0. The zero-order valence-corrected chi connectivity index (χ0v) is 10.5. The number of hydrogen-bond donors (Lipinski definition) is 0. The highest BCUT2D eigenvalue weighted by atomic mass is 16.5. The van der Waals surface area contributed by atoms with Crippen molar-refractivity contribution in [2.45, 2.75) is 33.1 Å². The third-order valence-corrected chi connectivity index (χ3v) is 2.69. The maximum atomic E-state index is 11.9. The van der Waals surface area contributed by atoms with E-state index in [2.05, 4.69) is 0 Å². The van der Waals surface area contributed by atoms with Gasteiger partial charge in [0.1, 0.15) is 5.92 Å². The average Bonchev–Trinajstić information content (AvgIpc) is 2.32. The molecule has 0 radical (unpaired) electrons. The van der Waals surface area contributed by atoms with Crippen LogP contribution in [0.5, 0.6) is 0 Å². The first-order valence-corrected chi connectivity index (χ1v) is 5.86. The van der Waals surface area contributed by atoms with Gasteiger partial charge in [0, 0.05) is 6.42 Å². The molecule has 0 heterocycles. The normalized spacial score (nSPS) is 11.9. The van der Waals surface area contributed by atoms with E-state index in [0.29, 0.717) is 6.42 Å². The van der Waals surface area contributed by atoms with E-state index in [1.807, 2.05) is 31.2 Å². The summed E-state index contributed by atoms with van der Waals surface area (Å²) in [6.45, 7) is 5.68. The van der Waals surface area contributed by atoms with Gasteiger partial charge in [0.25, 0.3) is 0 Å². The number of ketones is 1. The van der Waals surface area contributed by atoms with Crippen molar-refractivity contribution in [2.75, 3.05) is 6.61 Å². The van der Waals surface area contributed by atoms with Crippen LogP contribution in [-0.4, -0.2) is 18.4 Å². The first-order chi connectivity index (χ1) is 8.11. The van der Waals surface area contributed by atoms with Crippen LogP contribution in [0, 0.1) is 6.92 Å². The Morgan fingerprint density at radius 2 is 1.88 bits per heavy atom. The predicted octanol–water partition coefficient (Wildman–Crippen LogP) is 2.62. The number of esters is 1. The van der Waals surface area contributed by atoms with E-state index in [-0.39, 0.29) is 12.4 Å². The van der Waals surface area contributed by atoms with E-state index in [1.165, 1.54) is 0 Å². The molecule has 0 saturated heterocycles. The Kier molecular flexibility index (Phi) is 4.88. The van der Waals surface area contributed by atoms with Gasteiger partial charge in [-0.15, -0.1) is 0 Å². The molecule has 0 aliphatic heterocycles. The summed E-state index contributed by atoms with van der Waals surface area (Å²) in [5, 5.41) is 0. The molecule has 3 heteroatoms. The molecule has 1 aromatic carbocycles. The second-order valence-electron chi connectivity index (χ2n) is 3.86. The van der Waals surface area contributed by atoms with Crippen LogP contribution in [-0.2, 0) is 14.3 Å². The zero-order chi connectivity index (χ0) is 12.8. The van der Waals surface area contributed by atoms with Gasteiger partial charge in [0.15, 0.2) is 5.78 Å². The fourth-order valence-electron chi connectivity index (χ4n) is 1.77. The predicted molar refractivity (Wildman–Crippen MR) is 65.9 cm³/mol. The number of hydrogen-bond acceptors (Lipinski definition) is 3. The Bertz CT molecular complexity index is 410. The van der Waals surface area contributed by atoms with E-state index in [4.69, 9.17) is 4.74 Å². The summed E-state index contributed by atoms with van der Waals surface area (Å²) in [6, 6.07) is 7.42. The van der Waals surface area contributed by atoms with Crippen LogP contribution in [0.25, 0.3) is 0 Å². The number of carbonyl (C=O) groups excluding carboxylic acids is 2. The molecule has 0 aromatic heterocycles. The minimum absolute atomic E-state index is 0.0993. The molecule has 17 heavy (non-hydrogen) atoms. The number of rotatable bonds is 5. The number of aryl methyl sites for hydroxylation is 1. The molecule has 1 atom stereocenters. The van der Waals surface area contributed by atoms with E-state index >= 15 is 0 Å². The van der Waals surface area contributed by atoms with Gasteiger partial charge in [-0.1, -0.05) is 31.2 Å². The Morgan fingerprint density at radius 1 is 1.24 bits per heavy atom. The molecule has 0 fully saturated rings. The molecule has 0 spiro atoms. The van der Waals surface area contributed by atoms with Crippen molar-refractivity contribution in [3.8, 4) is 0 Å². The Balaban J connectivity index is 3.11. The first kappa shape index (κ1) is 13.4. The molecule has 0 bridgehead atoms. The van der Waals surface area contributed by atoms with Crippen molar-refractivity contribution in [2.24, 2.45) is 0 Å². The van der Waals surface area contributed by atoms with Gasteiger partial charge < -0.3 is 4.74 Å². The number of Topliss-reactive ketones (excluding diaryl/α,β-unsaturated/α-hetero) is 1. The van der Waals surface area contributed by atoms with Crippen molar-refractivity contribution in [1.82, 2.24) is 0 Å². The molecule has 1 unspecified atom stereocenters. The maximum absolute atomic E-state index is 11.9. The summed E-state index contributed by atoms with van der Waals surface area (Å²) in [5.41, 5.74) is 1.69. The lowest BCUT2D eigenvalue weighted by atomic mass is 9.90. The van der Waals surface area contributed by atoms with Gasteiger partial charge in [0.05, 0.1) is 6.61 Å². The minimum Gasteiger partial charge on any atom is -0.465 e. The van der Waals surface area contributed by atoms with Crippen molar-refractivity contribution in [1.29, 1.82) is 0 Å². The maximum Gasteiger partial charge on any atom is 0.321 e. The zero-order valence-electron chi connectivity index (χ0n) is 10.5. The molecule has 0 aliphatic carbocycles. The van der Waals surface area contributed by atoms with Gasteiger partial charge in [0.2, 0.25) is 0 Å². The Labute approximate surface area is 102 Å². The lowest BCUT2D eigenvalue weighted by Gasteiger charge is -2.16. The highest BCUT2D eigenvalue weighted by Gasteiger charge is 2.29. The van der Waals surface area contributed by atoms with Crippen molar-refractivity contribution < 1.29 is 14.3 Å². The fourth-order valence-corrected chi connectivity index (χ4v) is 1.77. The summed E-state index contributed by atoms with van der Waals surface area (Å²) in [4.78, 5) is 23.7. The van der Waals surface area contributed by atoms with E-state index < -0.39 is 11.9 Å². The second kappa shape index (κ2) is 6.18. The topological polar surface area (TPSA) is 43.4 Å². The molecule has 0 amide bonds. The summed E-state index contributed by atoms with van der Waals surface area (Å²) >= 11 is 0. The molecule has 0 N–H and O–H groups in total. The lowest BCUT2D eigenvalue weighted by Crippen LogP contribution is -2.24. The van der Waals surface area contributed by atoms with Crippen LogP contribution >= 0.6 is 0 Å². The van der Waals surface area contributed by atoms with E-state index in [9.17, 15) is 9.59 Å². The van der Waals surface area contributed by atoms with Crippen molar-refractivity contribution in [3.63, 3.8) is 0 Å². The van der Waals surface area contributed by atoms with Crippen LogP contribution in [0.3, 0.4) is 0 Å². The monoisotopic (exact) mass is 234 g/mol. The third kappa shape index (κ3) is 3.16. The quantitative estimate of drug-likeness (QED) is 0.581. The van der Waals surface area contributed by atoms with Crippen molar-refractivity contribution >= 4 is 11.8 Å². The van der Waals surface area contributed by atoms with Crippen LogP contribution in [0.1, 0.15) is 37.3 Å². The van der Waals surface area contributed by atoms with Crippen LogP contribution in [0.4, 0.5) is 0 Å². The largest absolute Gasteiger partial charge is 0.465 e. The van der Waals surface area contributed by atoms with E-state index in [1.54, 1.807) is 13.8 Å². The number of benzene rings is 1. The van der Waals surface area contributed by atoms with Gasteiger partial charge >= 0.3 is 5.97 Å². The average molecular weight is 234 g/mol. The second-order valence-corrected chi connectivity index (χ2v) is 3.86. The number of ether oxygens (including phenoxy) is 1. The Hall–Kier alpha value is -1.64. The van der Waals surface area contributed by atoms with E-state index in [0.717, 1.165) is 11.1 Å². The lowest BCUT2D eigenvalue weighted by molar-refractivity contribution is -0.147. The van der Waals surface area contributed by atoms with Gasteiger partial charge in [-0.25, -0.2) is 0 Å². The van der Waals surface area contributed by atoms with Crippen LogP contribution < -0.4 is 0 Å². The third-order valence-electron chi connectivity index (χ3n) is 2.69. The highest BCUT2D eigenvalue weighted by Crippen LogP contribution is 2.23. The summed E-state index contributed by atoms with van der Waals surface area (Å²) < 4.78 is 4.98. The molecule has 3 nitrogen and oxygen atoms in total. The standard InChI is InChI=1S/C14H18O3/c1-4-12(15)13(14(16)17-5-2)11-9-7-6-8-10(11)3/h6-9,13H,4-5H2,1-3H3. The molecule has 92 valence electrons. The van der Waals surface area contributed by atoms with Gasteiger partial charge in [-0.05, 0) is 25.0 Å². The molecule has 0 aliphatic rings. The first-order valence-electron chi connectivity index (χ1n) is 5.86. The smallest absolute Gasteiger partial charge is 0.321 e. The summed E-state index contributed by atoms with van der Waals surface area (Å²) in [5.74, 6) is -1.33.